The molecule has 4 nitrogen and oxygen atoms in total. The maximum Gasteiger partial charge on any atom is 0.258 e. The monoisotopic (exact) mass is 330 g/mol. The van der Waals surface area contributed by atoms with Gasteiger partial charge in [-0.05, 0) is 43.7 Å². The minimum Gasteiger partial charge on any atom is -0.508 e. The minimum absolute atomic E-state index is 0.0201. The van der Waals surface area contributed by atoms with Gasteiger partial charge in [-0.3, -0.25) is 4.79 Å². The van der Waals surface area contributed by atoms with E-state index in [1.165, 1.54) is 0 Å². The number of nitrogens with one attached hydrogen (secondary N) is 1. The molecule has 0 radical (unpaired) electrons. The fourth-order valence-corrected chi connectivity index (χ4v) is 3.07. The molecule has 23 heavy (non-hydrogen) atoms. The van der Waals surface area contributed by atoms with E-state index in [0.29, 0.717) is 16.1 Å². The molecule has 120 valence electrons. The van der Waals surface area contributed by atoms with Crippen molar-refractivity contribution in [3.63, 3.8) is 0 Å². The number of phenolic OH excluding ortho intramolecular Hbond substituents is 1. The van der Waals surface area contributed by atoms with Crippen molar-refractivity contribution in [3.05, 3.63) is 58.6 Å². The van der Waals surface area contributed by atoms with Gasteiger partial charge in [-0.1, -0.05) is 30.7 Å². The zero-order chi connectivity index (χ0) is 16.6. The number of hydrogen-bond acceptors (Lipinski definition) is 3. The van der Waals surface area contributed by atoms with Crippen molar-refractivity contribution in [2.75, 3.05) is 5.32 Å². The van der Waals surface area contributed by atoms with Crippen LogP contribution in [0.3, 0.4) is 0 Å². The molecule has 2 aromatic rings. The molecule has 1 amide bonds. The second-order valence-electron chi connectivity index (χ2n) is 5.77. The average molecular weight is 331 g/mol. The Kier molecular flexibility index (Phi) is 4.18. The van der Waals surface area contributed by atoms with Crippen LogP contribution in [0.2, 0.25) is 5.02 Å². The first-order valence-corrected chi connectivity index (χ1v) is 8.07. The van der Waals surface area contributed by atoms with E-state index in [0.717, 1.165) is 12.1 Å². The molecule has 2 N–H and O–H groups in total. The second-order valence-corrected chi connectivity index (χ2v) is 6.20. The molecule has 5 heteroatoms. The van der Waals surface area contributed by atoms with E-state index in [9.17, 15) is 9.90 Å². The number of rotatable bonds is 3. The van der Waals surface area contributed by atoms with Gasteiger partial charge in [-0.2, -0.15) is 0 Å². The zero-order valence-electron chi connectivity index (χ0n) is 13.1. The summed E-state index contributed by atoms with van der Waals surface area (Å²) in [5.41, 5.74) is 2.01. The predicted octanol–water partition coefficient (Wildman–Crippen LogP) is 4.41. The highest BCUT2D eigenvalue weighted by atomic mass is 35.5. The van der Waals surface area contributed by atoms with Crippen molar-refractivity contribution >= 4 is 23.2 Å². The first-order valence-electron chi connectivity index (χ1n) is 7.69. The predicted molar refractivity (Wildman–Crippen MR) is 91.8 cm³/mol. The molecule has 1 aliphatic heterocycles. The van der Waals surface area contributed by atoms with Crippen molar-refractivity contribution in [1.82, 2.24) is 4.90 Å². The first kappa shape index (κ1) is 15.7. The Morgan fingerprint density at radius 1 is 1.30 bits per heavy atom. The van der Waals surface area contributed by atoms with Crippen LogP contribution in [0.15, 0.2) is 42.5 Å². The summed E-state index contributed by atoms with van der Waals surface area (Å²) in [7, 11) is 0. The Morgan fingerprint density at radius 3 is 2.78 bits per heavy atom. The first-order chi connectivity index (χ1) is 11.0. The van der Waals surface area contributed by atoms with Gasteiger partial charge in [-0.15, -0.1) is 0 Å². The minimum atomic E-state index is -0.453. The van der Waals surface area contributed by atoms with E-state index in [1.807, 2.05) is 38.1 Å². The Hall–Kier alpha value is -2.20. The Labute approximate surface area is 140 Å². The van der Waals surface area contributed by atoms with Gasteiger partial charge in [0.2, 0.25) is 0 Å². The Morgan fingerprint density at radius 2 is 2.04 bits per heavy atom. The Balaban J connectivity index is 2.13. The highest BCUT2D eigenvalue weighted by molar-refractivity contribution is 6.30. The van der Waals surface area contributed by atoms with Crippen molar-refractivity contribution in [3.8, 4) is 5.75 Å². The number of hydrogen-bond donors (Lipinski definition) is 2. The largest absolute Gasteiger partial charge is 0.508 e. The van der Waals surface area contributed by atoms with Crippen molar-refractivity contribution in [1.29, 1.82) is 0 Å². The molecule has 2 atom stereocenters. The van der Waals surface area contributed by atoms with E-state index < -0.39 is 6.17 Å². The van der Waals surface area contributed by atoms with Crippen molar-refractivity contribution in [2.24, 2.45) is 0 Å². The number of phenols is 1. The molecule has 1 heterocycles. The molecule has 3 rings (SSSR count). The number of carbonyl (C=O) groups excluding carboxylic acids is 1. The molecule has 0 aromatic heterocycles. The quantitative estimate of drug-likeness (QED) is 0.876. The van der Waals surface area contributed by atoms with Gasteiger partial charge in [0.1, 0.15) is 11.9 Å². The van der Waals surface area contributed by atoms with Gasteiger partial charge in [0.05, 0.1) is 5.56 Å². The summed E-state index contributed by atoms with van der Waals surface area (Å²) in [4.78, 5) is 14.7. The van der Waals surface area contributed by atoms with Crippen LogP contribution >= 0.6 is 11.6 Å². The van der Waals surface area contributed by atoms with Gasteiger partial charge in [0.15, 0.2) is 0 Å². The molecule has 0 aliphatic carbocycles. The lowest BCUT2D eigenvalue weighted by atomic mass is 10.0. The van der Waals surface area contributed by atoms with E-state index in [2.05, 4.69) is 5.32 Å². The van der Waals surface area contributed by atoms with E-state index in [-0.39, 0.29) is 17.7 Å². The van der Waals surface area contributed by atoms with E-state index in [1.54, 1.807) is 23.1 Å². The third-order valence-corrected chi connectivity index (χ3v) is 4.55. The van der Waals surface area contributed by atoms with Gasteiger partial charge in [-0.25, -0.2) is 0 Å². The molecule has 0 fully saturated rings. The lowest BCUT2D eigenvalue weighted by Crippen LogP contribution is -2.47. The number of benzene rings is 2. The van der Waals surface area contributed by atoms with Gasteiger partial charge in [0, 0.05) is 22.3 Å². The maximum atomic E-state index is 13.0. The number of amides is 1. The maximum absolute atomic E-state index is 13.0. The number of aromatic hydroxyl groups is 1. The van der Waals surface area contributed by atoms with Crippen LogP contribution in [0.1, 0.15) is 42.4 Å². The molecule has 0 saturated carbocycles. The number of para-hydroxylation sites is 1. The molecular weight excluding hydrogens is 312 g/mol. The molecule has 0 spiro atoms. The van der Waals surface area contributed by atoms with Crippen molar-refractivity contribution in [2.45, 2.75) is 32.5 Å². The average Bonchev–Trinajstić information content (AvgIpc) is 2.56. The second kappa shape index (κ2) is 6.13. The van der Waals surface area contributed by atoms with E-state index in [4.69, 9.17) is 11.6 Å². The molecule has 0 unspecified atom stereocenters. The van der Waals surface area contributed by atoms with Crippen LogP contribution in [-0.4, -0.2) is 22.0 Å². The summed E-state index contributed by atoms with van der Waals surface area (Å²) < 4.78 is 0. The highest BCUT2D eigenvalue weighted by Crippen LogP contribution is 2.38. The normalized spacial score (nSPS) is 18.3. The Bertz CT molecular complexity index is 748. The molecule has 2 aromatic carbocycles. The lowest BCUT2D eigenvalue weighted by molar-refractivity contribution is 0.0591. The number of fused-ring (bicyclic) bond motifs is 1. The summed E-state index contributed by atoms with van der Waals surface area (Å²) in [5.74, 6) is 0.0745. The summed E-state index contributed by atoms with van der Waals surface area (Å²) in [6.45, 7) is 4.04. The fourth-order valence-electron chi connectivity index (χ4n) is 2.89. The molecule has 0 bridgehead atoms. The van der Waals surface area contributed by atoms with Gasteiger partial charge >= 0.3 is 0 Å². The fraction of sp³-hybridized carbons (Fsp3) is 0.278. The van der Waals surface area contributed by atoms with Crippen LogP contribution in [0.4, 0.5) is 5.69 Å². The SMILES string of the molecule is CC[C@@H](C)N1C(=O)c2ccccc2N[C@H]1c1cc(Cl)ccc1O. The highest BCUT2D eigenvalue weighted by Gasteiger charge is 2.36. The van der Waals surface area contributed by atoms with Crippen molar-refractivity contribution < 1.29 is 9.90 Å². The summed E-state index contributed by atoms with van der Waals surface area (Å²) >= 11 is 6.09. The van der Waals surface area contributed by atoms with Gasteiger partial charge < -0.3 is 15.3 Å². The molecular formula is C18H19ClN2O2. The zero-order valence-corrected chi connectivity index (χ0v) is 13.8. The third kappa shape index (κ3) is 2.75. The standard InChI is InChI=1S/C18H19ClN2O2/c1-3-11(2)21-17(14-10-12(19)8-9-16(14)22)20-15-7-5-4-6-13(15)18(21)23/h4-11,17,20,22H,3H2,1-2H3/t11-,17-/m1/s1. The number of halogens is 1. The van der Waals surface area contributed by atoms with Crippen LogP contribution in [-0.2, 0) is 0 Å². The summed E-state index contributed by atoms with van der Waals surface area (Å²) in [5, 5.41) is 14.1. The lowest BCUT2D eigenvalue weighted by Gasteiger charge is -2.41. The van der Waals surface area contributed by atoms with Crippen LogP contribution in [0.5, 0.6) is 5.75 Å². The third-order valence-electron chi connectivity index (χ3n) is 4.31. The topological polar surface area (TPSA) is 52.6 Å². The van der Waals surface area contributed by atoms with Gasteiger partial charge in [0.25, 0.3) is 5.91 Å². The van der Waals surface area contributed by atoms with Crippen LogP contribution in [0, 0.1) is 0 Å². The molecule has 0 saturated heterocycles. The van der Waals surface area contributed by atoms with E-state index >= 15 is 0 Å². The number of anilines is 1. The molecule has 1 aliphatic rings. The number of nitrogens with zero attached hydrogens (tertiary/aromatic N) is 1. The van der Waals surface area contributed by atoms with Crippen LogP contribution in [0.25, 0.3) is 0 Å². The van der Waals surface area contributed by atoms with Crippen LogP contribution < -0.4 is 5.32 Å². The summed E-state index contributed by atoms with van der Waals surface area (Å²) in [6.07, 6.45) is 0.360. The summed E-state index contributed by atoms with van der Waals surface area (Å²) in [6, 6.07) is 12.3. The number of carbonyl (C=O) groups is 1. The smallest absolute Gasteiger partial charge is 0.258 e.